The summed E-state index contributed by atoms with van der Waals surface area (Å²) in [5.41, 5.74) is 8.35. The van der Waals surface area contributed by atoms with Crippen molar-refractivity contribution in [2.45, 2.75) is 26.3 Å². The maximum absolute atomic E-state index is 6.23. The van der Waals surface area contributed by atoms with Crippen molar-refractivity contribution in [3.8, 4) is 0 Å². The highest BCUT2D eigenvalue weighted by atomic mass is 79.9. The van der Waals surface area contributed by atoms with Gasteiger partial charge in [-0.25, -0.2) is 4.98 Å². The van der Waals surface area contributed by atoms with Crippen molar-refractivity contribution in [1.82, 2.24) is 4.98 Å². The summed E-state index contributed by atoms with van der Waals surface area (Å²) in [7, 11) is 0. The number of nitrogens with two attached hydrogens (primary N) is 1. The van der Waals surface area contributed by atoms with Crippen LogP contribution in [0.5, 0.6) is 0 Å². The highest BCUT2D eigenvalue weighted by molar-refractivity contribution is 9.10. The van der Waals surface area contributed by atoms with Crippen LogP contribution >= 0.6 is 38.9 Å². The van der Waals surface area contributed by atoms with Crippen molar-refractivity contribution < 1.29 is 0 Å². The fourth-order valence-electron chi connectivity index (χ4n) is 1.72. The molecule has 0 spiro atoms. The van der Waals surface area contributed by atoms with Crippen LogP contribution in [0.15, 0.2) is 22.7 Å². The number of benzene rings is 1. The number of thiazole rings is 1. The molecule has 1 aromatic carbocycles. The molecule has 2 rings (SSSR count). The van der Waals surface area contributed by atoms with Gasteiger partial charge in [0.2, 0.25) is 0 Å². The molecule has 0 amide bonds. The fraction of sp³-hybridized carbons (Fsp3) is 0.308. The van der Waals surface area contributed by atoms with Gasteiger partial charge >= 0.3 is 0 Å². The highest BCUT2D eigenvalue weighted by Crippen LogP contribution is 2.29. The summed E-state index contributed by atoms with van der Waals surface area (Å²) in [6.45, 7) is 4.10. The molecule has 1 heterocycles. The SMILES string of the molecule is Cc1nc(CC(N)c2cc(Cl)ccc2Br)sc1C. The van der Waals surface area contributed by atoms with Crippen molar-refractivity contribution in [3.63, 3.8) is 0 Å². The number of nitrogens with zero attached hydrogens (tertiary/aromatic N) is 1. The van der Waals surface area contributed by atoms with E-state index in [2.05, 4.69) is 27.8 Å². The summed E-state index contributed by atoms with van der Waals surface area (Å²) >= 11 is 11.2. The average Bonchev–Trinajstić information content (AvgIpc) is 2.61. The number of hydrogen-bond donors (Lipinski definition) is 1. The van der Waals surface area contributed by atoms with Crippen LogP contribution in [0.4, 0.5) is 0 Å². The van der Waals surface area contributed by atoms with Crippen LogP contribution in [0.1, 0.15) is 27.2 Å². The molecule has 18 heavy (non-hydrogen) atoms. The van der Waals surface area contributed by atoms with Gasteiger partial charge in [-0.2, -0.15) is 0 Å². The second kappa shape index (κ2) is 5.70. The van der Waals surface area contributed by atoms with E-state index in [1.54, 1.807) is 11.3 Å². The van der Waals surface area contributed by atoms with Gasteiger partial charge in [0.05, 0.1) is 10.7 Å². The zero-order valence-electron chi connectivity index (χ0n) is 10.2. The first kappa shape index (κ1) is 14.0. The van der Waals surface area contributed by atoms with E-state index in [0.717, 1.165) is 27.2 Å². The summed E-state index contributed by atoms with van der Waals surface area (Å²) in [5, 5.41) is 1.78. The van der Waals surface area contributed by atoms with E-state index in [9.17, 15) is 0 Å². The molecule has 96 valence electrons. The maximum atomic E-state index is 6.23. The Kier molecular flexibility index (Phi) is 4.43. The lowest BCUT2D eigenvalue weighted by Crippen LogP contribution is -2.13. The second-order valence-corrected chi connectivity index (χ2v) is 6.80. The molecule has 2 aromatic rings. The van der Waals surface area contributed by atoms with E-state index in [1.807, 2.05) is 25.1 Å². The van der Waals surface area contributed by atoms with Crippen LogP contribution in [0.2, 0.25) is 5.02 Å². The summed E-state index contributed by atoms with van der Waals surface area (Å²) in [6, 6.07) is 5.59. The highest BCUT2D eigenvalue weighted by Gasteiger charge is 2.14. The average molecular weight is 346 g/mol. The van der Waals surface area contributed by atoms with E-state index in [1.165, 1.54) is 4.88 Å². The fourth-order valence-corrected chi connectivity index (χ4v) is 3.44. The van der Waals surface area contributed by atoms with Gasteiger partial charge in [-0.3, -0.25) is 0 Å². The van der Waals surface area contributed by atoms with Gasteiger partial charge in [0.1, 0.15) is 0 Å². The molecule has 0 aliphatic rings. The minimum absolute atomic E-state index is 0.0944. The van der Waals surface area contributed by atoms with Gasteiger partial charge in [-0.05, 0) is 37.6 Å². The standard InChI is InChI=1S/C13H14BrClN2S/c1-7-8(2)18-13(17-7)6-12(16)10-5-9(15)3-4-11(10)14/h3-5,12H,6,16H2,1-2H3. The Hall–Kier alpha value is -0.420. The number of hydrogen-bond acceptors (Lipinski definition) is 3. The first-order chi connectivity index (χ1) is 8.47. The Morgan fingerprint density at radius 1 is 1.44 bits per heavy atom. The van der Waals surface area contributed by atoms with Gasteiger partial charge in [0, 0.05) is 26.8 Å². The quantitative estimate of drug-likeness (QED) is 0.894. The van der Waals surface area contributed by atoms with E-state index >= 15 is 0 Å². The molecule has 0 saturated carbocycles. The van der Waals surface area contributed by atoms with Crippen molar-refractivity contribution in [2.75, 3.05) is 0 Å². The summed E-state index contributed by atoms with van der Waals surface area (Å²) in [5.74, 6) is 0. The lowest BCUT2D eigenvalue weighted by Gasteiger charge is -2.12. The van der Waals surface area contributed by atoms with E-state index in [0.29, 0.717) is 5.02 Å². The predicted molar refractivity (Wildman–Crippen MR) is 81.4 cm³/mol. The third-order valence-electron chi connectivity index (χ3n) is 2.82. The van der Waals surface area contributed by atoms with E-state index in [4.69, 9.17) is 17.3 Å². The number of halogens is 2. The summed E-state index contributed by atoms with van der Waals surface area (Å²) in [4.78, 5) is 5.77. The van der Waals surface area contributed by atoms with Gasteiger partial charge in [0.15, 0.2) is 0 Å². The van der Waals surface area contributed by atoms with Crippen LogP contribution in [-0.4, -0.2) is 4.98 Å². The smallest absolute Gasteiger partial charge is 0.0949 e. The number of rotatable bonds is 3. The topological polar surface area (TPSA) is 38.9 Å². The van der Waals surface area contributed by atoms with Crippen molar-refractivity contribution in [2.24, 2.45) is 5.73 Å². The monoisotopic (exact) mass is 344 g/mol. The molecule has 2 nitrogen and oxygen atoms in total. The van der Waals surface area contributed by atoms with Gasteiger partial charge in [-0.15, -0.1) is 11.3 Å². The lowest BCUT2D eigenvalue weighted by atomic mass is 10.1. The molecule has 0 fully saturated rings. The zero-order valence-corrected chi connectivity index (χ0v) is 13.4. The third kappa shape index (κ3) is 3.12. The molecule has 0 bridgehead atoms. The molecule has 1 unspecified atom stereocenters. The number of aryl methyl sites for hydroxylation is 2. The van der Waals surface area contributed by atoms with Gasteiger partial charge < -0.3 is 5.73 Å². The zero-order chi connectivity index (χ0) is 13.3. The number of aromatic nitrogens is 1. The second-order valence-electron chi connectivity index (χ2n) is 4.23. The molecular weight excluding hydrogens is 332 g/mol. The Labute approximate surface area is 124 Å². The molecule has 1 aromatic heterocycles. The first-order valence-corrected chi connectivity index (χ1v) is 7.59. The Balaban J connectivity index is 2.21. The molecule has 0 aliphatic heterocycles. The minimum atomic E-state index is -0.0944. The van der Waals surface area contributed by atoms with Crippen molar-refractivity contribution >= 4 is 38.9 Å². The Morgan fingerprint density at radius 2 is 2.17 bits per heavy atom. The maximum Gasteiger partial charge on any atom is 0.0949 e. The van der Waals surface area contributed by atoms with Crippen molar-refractivity contribution in [1.29, 1.82) is 0 Å². The van der Waals surface area contributed by atoms with Crippen LogP contribution < -0.4 is 5.73 Å². The molecule has 1 atom stereocenters. The largest absolute Gasteiger partial charge is 0.324 e. The Morgan fingerprint density at radius 3 is 2.78 bits per heavy atom. The minimum Gasteiger partial charge on any atom is -0.324 e. The molecule has 0 radical (unpaired) electrons. The summed E-state index contributed by atoms with van der Waals surface area (Å²) in [6.07, 6.45) is 0.734. The van der Waals surface area contributed by atoms with Crippen LogP contribution in [-0.2, 0) is 6.42 Å². The van der Waals surface area contributed by atoms with Gasteiger partial charge in [0.25, 0.3) is 0 Å². The molecule has 0 saturated heterocycles. The van der Waals surface area contributed by atoms with Crippen LogP contribution in [0, 0.1) is 13.8 Å². The lowest BCUT2D eigenvalue weighted by molar-refractivity contribution is 0.713. The van der Waals surface area contributed by atoms with E-state index < -0.39 is 0 Å². The van der Waals surface area contributed by atoms with Crippen molar-refractivity contribution in [3.05, 3.63) is 48.8 Å². The summed E-state index contributed by atoms with van der Waals surface area (Å²) < 4.78 is 0.990. The predicted octanol–water partition coefficient (Wildman–Crippen LogP) is 4.42. The molecule has 5 heteroatoms. The van der Waals surface area contributed by atoms with Crippen LogP contribution in [0.3, 0.4) is 0 Å². The Bertz CT molecular complexity index is 549. The van der Waals surface area contributed by atoms with Gasteiger partial charge in [-0.1, -0.05) is 27.5 Å². The normalized spacial score (nSPS) is 12.7. The third-order valence-corrected chi connectivity index (χ3v) is 4.88. The molecule has 0 aliphatic carbocycles. The first-order valence-electron chi connectivity index (χ1n) is 5.61. The molecular formula is C13H14BrClN2S. The van der Waals surface area contributed by atoms with Crippen LogP contribution in [0.25, 0.3) is 0 Å². The van der Waals surface area contributed by atoms with E-state index in [-0.39, 0.29) is 6.04 Å². The molecule has 2 N–H and O–H groups in total.